The lowest BCUT2D eigenvalue weighted by Gasteiger charge is -1.83. The van der Waals surface area contributed by atoms with Crippen LogP contribution in [0.25, 0.3) is 0 Å². The van der Waals surface area contributed by atoms with Crippen LogP contribution < -0.4 is 11.2 Å². The number of aliphatic carboxylic acids is 1. The first-order chi connectivity index (χ1) is 6.49. The molecular weight excluding hydrogens is 195 g/mol. The minimum Gasteiger partial charge on any atom is -0.481 e. The lowest BCUT2D eigenvalue weighted by Crippen LogP contribution is -2.28. The van der Waals surface area contributed by atoms with Crippen molar-refractivity contribution in [2.24, 2.45) is 0 Å². The highest BCUT2D eigenvalue weighted by molar-refractivity contribution is 5.66. The maximum absolute atomic E-state index is 12.0. The molecule has 0 aromatic carbocycles. The van der Waals surface area contributed by atoms with E-state index in [9.17, 15) is 18.9 Å². The Hall–Kier alpha value is -1.92. The largest absolute Gasteiger partial charge is 0.481 e. The summed E-state index contributed by atoms with van der Waals surface area (Å²) in [6, 6.07) is 0.918. The van der Waals surface area contributed by atoms with E-state index in [4.69, 9.17) is 5.11 Å². The van der Waals surface area contributed by atoms with Crippen LogP contribution in [-0.2, 0) is 4.79 Å². The second-order valence-corrected chi connectivity index (χ2v) is 2.15. The van der Waals surface area contributed by atoms with E-state index in [2.05, 4.69) is 0 Å². The van der Waals surface area contributed by atoms with Crippen LogP contribution in [0.1, 0.15) is 13.3 Å². The van der Waals surface area contributed by atoms with Crippen molar-refractivity contribution in [1.82, 2.24) is 9.77 Å². The molecule has 0 aliphatic rings. The minimum absolute atomic E-state index is 0.222. The number of carboxylic acid groups (broad SMARTS) is 1. The number of nitrogens with one attached hydrogen (secondary N) is 1. The summed E-state index contributed by atoms with van der Waals surface area (Å²) in [5, 5.41) is 7.72. The second kappa shape index (κ2) is 5.68. The lowest BCUT2D eigenvalue weighted by atomic mass is 10.5. The van der Waals surface area contributed by atoms with Crippen LogP contribution in [0.4, 0.5) is 4.48 Å². The molecule has 6 nitrogen and oxygen atoms in total. The Balaban J connectivity index is 0.000000292. The topological polar surface area (TPSA) is 92.2 Å². The second-order valence-electron chi connectivity index (χ2n) is 2.15. The van der Waals surface area contributed by atoms with Crippen molar-refractivity contribution < 1.29 is 14.4 Å². The van der Waals surface area contributed by atoms with Crippen LogP contribution in [0, 0.1) is 0 Å². The first-order valence-corrected chi connectivity index (χ1v) is 3.67. The molecule has 0 atom stereocenters. The molecule has 7 heteroatoms. The summed E-state index contributed by atoms with van der Waals surface area (Å²) >= 11 is 0. The Morgan fingerprint density at radius 2 is 2.14 bits per heavy atom. The number of aromatic amines is 1. The zero-order valence-electron chi connectivity index (χ0n) is 7.36. The molecule has 78 valence electrons. The van der Waals surface area contributed by atoms with Gasteiger partial charge in [-0.2, -0.15) is 0 Å². The maximum atomic E-state index is 12.0. The molecule has 0 saturated carbocycles. The fourth-order valence-corrected chi connectivity index (χ4v) is 0.406. The van der Waals surface area contributed by atoms with Crippen molar-refractivity contribution in [1.29, 1.82) is 0 Å². The van der Waals surface area contributed by atoms with Crippen LogP contribution >= 0.6 is 0 Å². The first-order valence-electron chi connectivity index (χ1n) is 3.67. The number of hydrogen-bond acceptors (Lipinski definition) is 3. The van der Waals surface area contributed by atoms with Crippen molar-refractivity contribution in [3.05, 3.63) is 33.1 Å². The molecule has 0 amide bonds. The molecule has 0 saturated heterocycles. The van der Waals surface area contributed by atoms with Crippen molar-refractivity contribution in [2.75, 3.05) is 0 Å². The SMILES string of the molecule is CCC(=O)O.O=c1cc[nH]c(=O)n1F. The molecular formula is C7H9FN2O4. The van der Waals surface area contributed by atoms with Gasteiger partial charge >= 0.3 is 11.7 Å². The normalized spacial score (nSPS) is 8.71. The van der Waals surface area contributed by atoms with E-state index in [0.717, 1.165) is 12.3 Å². The summed E-state index contributed by atoms with van der Waals surface area (Å²) in [6.45, 7) is 1.60. The summed E-state index contributed by atoms with van der Waals surface area (Å²) in [6.07, 6.45) is 1.31. The van der Waals surface area contributed by atoms with E-state index in [-0.39, 0.29) is 6.42 Å². The highest BCUT2D eigenvalue weighted by Gasteiger charge is 1.93. The molecule has 0 aliphatic carbocycles. The standard InChI is InChI=1S/C4H3FN2O2.C3H6O2/c5-7-3(8)1-2-6-4(7)9;1-2-3(4)5/h1-2H,(H,6,9);2H2,1H3,(H,4,5). The number of H-pyrrole nitrogens is 1. The predicted octanol–water partition coefficient (Wildman–Crippen LogP) is -0.250. The fraction of sp³-hybridized carbons (Fsp3) is 0.286. The number of carboxylic acids is 1. The molecule has 1 heterocycles. The average molecular weight is 204 g/mol. The van der Waals surface area contributed by atoms with Gasteiger partial charge in [-0.05, 0) is 0 Å². The van der Waals surface area contributed by atoms with Crippen LogP contribution in [0.3, 0.4) is 0 Å². The van der Waals surface area contributed by atoms with Gasteiger partial charge in [0.2, 0.25) is 0 Å². The molecule has 1 aromatic heterocycles. The highest BCUT2D eigenvalue weighted by atomic mass is 19.2. The van der Waals surface area contributed by atoms with Gasteiger partial charge in [-0.25, -0.2) is 4.79 Å². The molecule has 1 aromatic rings. The molecule has 0 spiro atoms. The predicted molar refractivity (Wildman–Crippen MR) is 45.8 cm³/mol. The summed E-state index contributed by atoms with van der Waals surface area (Å²) in [5.74, 6) is -0.745. The number of aromatic nitrogens is 2. The molecule has 0 aliphatic heterocycles. The third-order valence-corrected chi connectivity index (χ3v) is 1.11. The number of carbonyl (C=O) groups is 1. The van der Waals surface area contributed by atoms with Gasteiger partial charge in [0.25, 0.3) is 5.56 Å². The van der Waals surface area contributed by atoms with Gasteiger partial charge in [0.15, 0.2) is 0 Å². The quantitative estimate of drug-likeness (QED) is 0.659. The van der Waals surface area contributed by atoms with E-state index < -0.39 is 22.0 Å². The zero-order chi connectivity index (χ0) is 11.1. The number of nitrogens with zero attached hydrogens (tertiary/aromatic N) is 1. The number of hydrogen-bond donors (Lipinski definition) is 2. The van der Waals surface area contributed by atoms with E-state index in [1.54, 1.807) is 6.92 Å². The molecule has 0 fully saturated rings. The zero-order valence-corrected chi connectivity index (χ0v) is 7.36. The van der Waals surface area contributed by atoms with Gasteiger partial charge in [-0.3, -0.25) is 9.59 Å². The van der Waals surface area contributed by atoms with Crippen molar-refractivity contribution in [3.8, 4) is 0 Å². The maximum Gasteiger partial charge on any atom is 0.357 e. The van der Waals surface area contributed by atoms with Gasteiger partial charge in [-0.15, -0.1) is 0 Å². The summed E-state index contributed by atoms with van der Waals surface area (Å²) < 4.78 is 12.0. The summed E-state index contributed by atoms with van der Waals surface area (Å²) in [7, 11) is 0. The third-order valence-electron chi connectivity index (χ3n) is 1.11. The molecule has 0 unspecified atom stereocenters. The van der Waals surface area contributed by atoms with Gasteiger partial charge in [-0.1, -0.05) is 16.2 Å². The van der Waals surface area contributed by atoms with Gasteiger partial charge in [0.05, 0.1) is 0 Å². The van der Waals surface area contributed by atoms with Crippen LogP contribution in [0.5, 0.6) is 0 Å². The monoisotopic (exact) mass is 204 g/mol. The first kappa shape index (κ1) is 12.1. The molecule has 0 radical (unpaired) electrons. The summed E-state index contributed by atoms with van der Waals surface area (Å²) in [5.41, 5.74) is -2.01. The Morgan fingerprint density at radius 3 is 2.43 bits per heavy atom. The minimum atomic E-state index is -1.05. The average Bonchev–Trinajstić information content (AvgIpc) is 2.15. The molecule has 0 bridgehead atoms. The Bertz CT molecular complexity index is 380. The van der Waals surface area contributed by atoms with Crippen molar-refractivity contribution in [3.63, 3.8) is 0 Å². The molecule has 14 heavy (non-hydrogen) atoms. The van der Waals surface area contributed by atoms with Crippen molar-refractivity contribution >= 4 is 5.97 Å². The van der Waals surface area contributed by atoms with E-state index >= 15 is 0 Å². The van der Waals surface area contributed by atoms with Gasteiger partial charge < -0.3 is 10.1 Å². The smallest absolute Gasteiger partial charge is 0.357 e. The van der Waals surface area contributed by atoms with Crippen LogP contribution in [0.15, 0.2) is 21.9 Å². The fourth-order valence-electron chi connectivity index (χ4n) is 0.406. The van der Waals surface area contributed by atoms with E-state index in [0.29, 0.717) is 0 Å². The Kier molecular flexibility index (Phi) is 4.90. The van der Waals surface area contributed by atoms with Gasteiger partial charge in [0.1, 0.15) is 0 Å². The summed E-state index contributed by atoms with van der Waals surface area (Å²) in [4.78, 5) is 31.2. The van der Waals surface area contributed by atoms with Crippen LogP contribution in [0.2, 0.25) is 0 Å². The van der Waals surface area contributed by atoms with E-state index in [1.807, 2.05) is 4.98 Å². The molecule has 1 rings (SSSR count). The van der Waals surface area contributed by atoms with Crippen LogP contribution in [-0.4, -0.2) is 20.8 Å². The number of halogens is 1. The van der Waals surface area contributed by atoms with Gasteiger partial charge in [0, 0.05) is 18.7 Å². The third kappa shape index (κ3) is 4.19. The Morgan fingerprint density at radius 1 is 1.64 bits per heavy atom. The molecule has 2 N–H and O–H groups in total. The van der Waals surface area contributed by atoms with E-state index in [1.165, 1.54) is 0 Å². The highest BCUT2D eigenvalue weighted by Crippen LogP contribution is 1.67. The Labute approximate surface area is 77.6 Å². The van der Waals surface area contributed by atoms with Crippen molar-refractivity contribution in [2.45, 2.75) is 13.3 Å². The number of rotatable bonds is 1. The lowest BCUT2D eigenvalue weighted by molar-refractivity contribution is -0.136.